The van der Waals surface area contributed by atoms with Gasteiger partial charge in [-0.25, -0.2) is 0 Å². The van der Waals surface area contributed by atoms with E-state index in [2.05, 4.69) is 15.7 Å². The Labute approximate surface area is 158 Å². The molecule has 2 aliphatic heterocycles. The highest BCUT2D eigenvalue weighted by Crippen LogP contribution is 2.30. The highest BCUT2D eigenvalue weighted by atomic mass is 16.2. The van der Waals surface area contributed by atoms with Gasteiger partial charge in [-0.3, -0.25) is 14.3 Å². The van der Waals surface area contributed by atoms with Gasteiger partial charge in [-0.15, -0.1) is 0 Å². The van der Waals surface area contributed by atoms with Crippen LogP contribution in [0.15, 0.2) is 30.3 Å². The van der Waals surface area contributed by atoms with E-state index in [0.29, 0.717) is 25.1 Å². The first-order chi connectivity index (χ1) is 13.0. The Bertz CT molecular complexity index is 890. The van der Waals surface area contributed by atoms with Crippen molar-refractivity contribution in [2.24, 2.45) is 0 Å². The summed E-state index contributed by atoms with van der Waals surface area (Å²) in [5.41, 5.74) is 2.92. The lowest BCUT2D eigenvalue weighted by Gasteiger charge is -2.46. The van der Waals surface area contributed by atoms with Gasteiger partial charge in [-0.1, -0.05) is 12.1 Å². The second-order valence-corrected chi connectivity index (χ2v) is 7.53. The number of piperidine rings is 1. The van der Waals surface area contributed by atoms with Crippen LogP contribution in [0.3, 0.4) is 0 Å². The number of anilines is 1. The van der Waals surface area contributed by atoms with Crippen molar-refractivity contribution in [1.82, 2.24) is 20.0 Å². The average Bonchev–Trinajstić information content (AvgIpc) is 2.97. The van der Waals surface area contributed by atoms with Crippen molar-refractivity contribution in [2.45, 2.75) is 45.3 Å². The molecule has 3 heterocycles. The van der Waals surface area contributed by atoms with Gasteiger partial charge in [-0.2, -0.15) is 5.10 Å². The largest absolute Gasteiger partial charge is 0.361 e. The van der Waals surface area contributed by atoms with Crippen LogP contribution in [0.1, 0.15) is 41.0 Å². The summed E-state index contributed by atoms with van der Waals surface area (Å²) in [5.74, 6) is 0.0119. The molecule has 1 aromatic carbocycles. The lowest BCUT2D eigenvalue weighted by molar-refractivity contribution is -0.133. The number of rotatable bonds is 3. The van der Waals surface area contributed by atoms with Crippen LogP contribution in [0.2, 0.25) is 0 Å². The molecule has 7 nitrogen and oxygen atoms in total. The first kappa shape index (κ1) is 17.6. The van der Waals surface area contributed by atoms with E-state index in [1.165, 1.54) is 0 Å². The van der Waals surface area contributed by atoms with Crippen molar-refractivity contribution >= 4 is 17.5 Å². The van der Waals surface area contributed by atoms with Crippen molar-refractivity contribution in [3.8, 4) is 0 Å². The molecule has 0 bridgehead atoms. The van der Waals surface area contributed by atoms with E-state index in [1.807, 2.05) is 53.8 Å². The molecule has 0 saturated carbocycles. The van der Waals surface area contributed by atoms with E-state index < -0.39 is 5.66 Å². The van der Waals surface area contributed by atoms with E-state index in [-0.39, 0.29) is 11.8 Å². The highest BCUT2D eigenvalue weighted by molar-refractivity contribution is 6.02. The van der Waals surface area contributed by atoms with Gasteiger partial charge < -0.3 is 15.5 Å². The van der Waals surface area contributed by atoms with Crippen LogP contribution in [0.4, 0.5) is 5.69 Å². The molecule has 7 heteroatoms. The molecule has 1 atom stereocenters. The highest BCUT2D eigenvalue weighted by Gasteiger charge is 2.41. The number of carbonyl (C=O) groups is 2. The third-order valence-electron chi connectivity index (χ3n) is 5.38. The SMILES string of the molecule is Cc1cc(C)n(CCC(=O)N2CCCC3(C2)NC(=O)c2ccccc2N3)n1. The van der Waals surface area contributed by atoms with Gasteiger partial charge in [0.2, 0.25) is 5.91 Å². The predicted molar refractivity (Wildman–Crippen MR) is 102 cm³/mol. The van der Waals surface area contributed by atoms with E-state index in [9.17, 15) is 9.59 Å². The lowest BCUT2D eigenvalue weighted by atomic mass is 9.93. The Morgan fingerprint density at radius 3 is 2.85 bits per heavy atom. The summed E-state index contributed by atoms with van der Waals surface area (Å²) in [5, 5.41) is 11.0. The minimum absolute atomic E-state index is 0.0821. The first-order valence-corrected chi connectivity index (χ1v) is 9.44. The molecule has 1 spiro atoms. The first-order valence-electron chi connectivity index (χ1n) is 9.44. The molecule has 0 aliphatic carbocycles. The number of amides is 2. The van der Waals surface area contributed by atoms with E-state index in [1.54, 1.807) is 0 Å². The third-order valence-corrected chi connectivity index (χ3v) is 5.38. The molecule has 1 aromatic heterocycles. The minimum atomic E-state index is -0.586. The Hall–Kier alpha value is -2.83. The predicted octanol–water partition coefficient (Wildman–Crippen LogP) is 2.06. The van der Waals surface area contributed by atoms with Crippen LogP contribution < -0.4 is 10.6 Å². The zero-order valence-electron chi connectivity index (χ0n) is 15.8. The van der Waals surface area contributed by atoms with Crippen molar-refractivity contribution in [3.63, 3.8) is 0 Å². The Morgan fingerprint density at radius 1 is 1.26 bits per heavy atom. The molecule has 2 N–H and O–H groups in total. The summed E-state index contributed by atoms with van der Waals surface area (Å²) in [6.45, 7) is 5.72. The normalized spacial score (nSPS) is 21.6. The van der Waals surface area contributed by atoms with Crippen molar-refractivity contribution in [2.75, 3.05) is 18.4 Å². The molecular weight excluding hydrogens is 342 g/mol. The minimum Gasteiger partial charge on any atom is -0.361 e. The molecule has 0 radical (unpaired) electrons. The fourth-order valence-electron chi connectivity index (χ4n) is 4.10. The molecule has 2 amide bonds. The number of aromatic nitrogens is 2. The Morgan fingerprint density at radius 2 is 2.07 bits per heavy atom. The molecule has 1 unspecified atom stereocenters. The molecule has 2 aromatic rings. The Kier molecular flexibility index (Phi) is 4.37. The molecular formula is C20H25N5O2. The van der Waals surface area contributed by atoms with E-state index in [4.69, 9.17) is 0 Å². The van der Waals surface area contributed by atoms with Crippen LogP contribution in [0.25, 0.3) is 0 Å². The van der Waals surface area contributed by atoms with Crippen molar-refractivity contribution in [3.05, 3.63) is 47.3 Å². The maximum Gasteiger partial charge on any atom is 0.255 e. The van der Waals surface area contributed by atoms with Crippen LogP contribution in [0, 0.1) is 13.8 Å². The molecule has 1 fully saturated rings. The van der Waals surface area contributed by atoms with Gasteiger partial charge >= 0.3 is 0 Å². The molecule has 1 saturated heterocycles. The Balaban J connectivity index is 1.44. The number of hydrogen-bond donors (Lipinski definition) is 2. The van der Waals surface area contributed by atoms with Gasteiger partial charge in [0, 0.05) is 30.9 Å². The van der Waals surface area contributed by atoms with Crippen LogP contribution in [0.5, 0.6) is 0 Å². The maximum atomic E-state index is 12.8. The summed E-state index contributed by atoms with van der Waals surface area (Å²) in [7, 11) is 0. The lowest BCUT2D eigenvalue weighted by Crippen LogP contribution is -2.66. The number of carbonyl (C=O) groups excluding carboxylic acids is 2. The second kappa shape index (κ2) is 6.72. The van der Waals surface area contributed by atoms with Crippen molar-refractivity contribution in [1.29, 1.82) is 0 Å². The average molecular weight is 367 g/mol. The maximum absolute atomic E-state index is 12.8. The number of benzene rings is 1. The fraction of sp³-hybridized carbons (Fsp3) is 0.450. The van der Waals surface area contributed by atoms with Crippen molar-refractivity contribution < 1.29 is 9.59 Å². The number of nitrogens with one attached hydrogen (secondary N) is 2. The summed E-state index contributed by atoms with van der Waals surface area (Å²) in [4.78, 5) is 27.2. The zero-order valence-corrected chi connectivity index (χ0v) is 15.8. The monoisotopic (exact) mass is 367 g/mol. The fourth-order valence-corrected chi connectivity index (χ4v) is 4.10. The number of para-hydroxylation sites is 1. The topological polar surface area (TPSA) is 79.3 Å². The van der Waals surface area contributed by atoms with Gasteiger partial charge in [0.15, 0.2) is 0 Å². The van der Waals surface area contributed by atoms with E-state index >= 15 is 0 Å². The molecule has 142 valence electrons. The van der Waals surface area contributed by atoms with Crippen LogP contribution in [-0.4, -0.2) is 45.2 Å². The number of aryl methyl sites for hydroxylation is 3. The van der Waals surface area contributed by atoms with Crippen LogP contribution in [-0.2, 0) is 11.3 Å². The van der Waals surface area contributed by atoms with Crippen LogP contribution >= 0.6 is 0 Å². The van der Waals surface area contributed by atoms with Gasteiger partial charge in [0.05, 0.1) is 17.8 Å². The summed E-state index contributed by atoms with van der Waals surface area (Å²) in [6.07, 6.45) is 2.05. The smallest absolute Gasteiger partial charge is 0.255 e. The number of likely N-dealkylation sites (tertiary alicyclic amines) is 1. The number of nitrogens with zero attached hydrogens (tertiary/aromatic N) is 3. The van der Waals surface area contributed by atoms with Gasteiger partial charge in [0.1, 0.15) is 5.66 Å². The third kappa shape index (κ3) is 3.41. The zero-order chi connectivity index (χ0) is 19.0. The van der Waals surface area contributed by atoms with E-state index in [0.717, 1.165) is 36.5 Å². The molecule has 2 aliphatic rings. The summed E-state index contributed by atoms with van der Waals surface area (Å²) < 4.78 is 1.88. The standard InChI is InChI=1S/C20H25N5O2/c1-14-12-15(2)25(23-14)11-8-18(26)24-10-5-9-20(13-24)21-17-7-4-3-6-16(17)19(27)22-20/h3-4,6-7,12,21H,5,8-11,13H2,1-2H3,(H,22,27). The quantitative estimate of drug-likeness (QED) is 0.870. The number of hydrogen-bond acceptors (Lipinski definition) is 4. The van der Waals surface area contributed by atoms with Gasteiger partial charge in [0.25, 0.3) is 5.91 Å². The second-order valence-electron chi connectivity index (χ2n) is 7.53. The van der Waals surface area contributed by atoms with Gasteiger partial charge in [-0.05, 0) is 44.9 Å². The summed E-state index contributed by atoms with van der Waals surface area (Å²) >= 11 is 0. The summed E-state index contributed by atoms with van der Waals surface area (Å²) in [6, 6.07) is 9.51. The molecule has 4 rings (SSSR count). The molecule has 27 heavy (non-hydrogen) atoms. The number of fused-ring (bicyclic) bond motifs is 1.